The van der Waals surface area contributed by atoms with Crippen LogP contribution in [0, 0.1) is 0 Å². The largest absolute Gasteiger partial charge is 1.00 e. The molecule has 0 N–H and O–H groups in total. The number of unbranched alkanes of at least 4 members (excludes halogenated alkanes) is 11. The Hall–Kier alpha value is 0.320. The lowest BCUT2D eigenvalue weighted by Crippen LogP contribution is -3.00. The minimum atomic E-state index is 0. The van der Waals surface area contributed by atoms with Crippen LogP contribution in [-0.4, -0.2) is 65.7 Å². The second-order valence-electron chi connectivity index (χ2n) is 8.82. The molecule has 4 aliphatic rings. The van der Waals surface area contributed by atoms with E-state index in [0.29, 0.717) is 0 Å². The normalized spacial score (nSPS) is 32.8. The van der Waals surface area contributed by atoms with Gasteiger partial charge in [0.1, 0.15) is 20.0 Å². The van der Waals surface area contributed by atoms with Gasteiger partial charge in [-0.3, -0.25) is 4.48 Å². The van der Waals surface area contributed by atoms with Crippen molar-refractivity contribution >= 4 is 0 Å². The van der Waals surface area contributed by atoms with E-state index >= 15 is 0 Å². The molecule has 148 valence electrons. The van der Waals surface area contributed by atoms with Gasteiger partial charge >= 0.3 is 0 Å². The van der Waals surface area contributed by atoms with Crippen molar-refractivity contribution in [3.05, 3.63) is 0 Å². The fourth-order valence-corrected chi connectivity index (χ4v) is 5.16. The quantitative estimate of drug-likeness (QED) is 0.329. The summed E-state index contributed by atoms with van der Waals surface area (Å²) in [4.78, 5) is 7.91. The maximum atomic E-state index is 2.64. The smallest absolute Gasteiger partial charge is 0.139 e. The summed E-state index contributed by atoms with van der Waals surface area (Å²) in [5.41, 5.74) is 0. The van der Waals surface area contributed by atoms with Crippen molar-refractivity contribution in [1.29, 1.82) is 0 Å². The van der Waals surface area contributed by atoms with Gasteiger partial charge in [0.2, 0.25) is 0 Å². The molecule has 0 radical (unpaired) electrons. The Balaban J connectivity index is 0.00000225. The molecule has 4 saturated heterocycles. The van der Waals surface area contributed by atoms with E-state index in [4.69, 9.17) is 0 Å². The first-order valence-corrected chi connectivity index (χ1v) is 10.8. The van der Waals surface area contributed by atoms with Crippen LogP contribution in [0.25, 0.3) is 0 Å². The molecule has 4 fully saturated rings. The Labute approximate surface area is 166 Å². The van der Waals surface area contributed by atoms with Gasteiger partial charge in [-0.05, 0) is 12.8 Å². The number of hydrogen-bond donors (Lipinski definition) is 0. The van der Waals surface area contributed by atoms with Crippen LogP contribution in [-0.2, 0) is 0 Å². The highest BCUT2D eigenvalue weighted by atomic mass is 79.9. The third kappa shape index (κ3) is 6.76. The first-order chi connectivity index (χ1) is 11.8. The van der Waals surface area contributed by atoms with Crippen molar-refractivity contribution < 1.29 is 21.5 Å². The third-order valence-electron chi connectivity index (χ3n) is 6.19. The summed E-state index contributed by atoms with van der Waals surface area (Å²) in [5.74, 6) is 0. The lowest BCUT2D eigenvalue weighted by molar-refractivity contribution is -0.980. The van der Waals surface area contributed by atoms with Crippen molar-refractivity contribution in [2.75, 3.05) is 46.6 Å². The summed E-state index contributed by atoms with van der Waals surface area (Å²) >= 11 is 0. The number of quaternary nitrogens is 1. The molecule has 4 aliphatic heterocycles. The summed E-state index contributed by atoms with van der Waals surface area (Å²) < 4.78 is 1.33. The van der Waals surface area contributed by atoms with Crippen LogP contribution in [0.15, 0.2) is 0 Å². The number of hydrogen-bond acceptors (Lipinski definition) is 3. The van der Waals surface area contributed by atoms with Gasteiger partial charge in [0, 0.05) is 0 Å². The van der Waals surface area contributed by atoms with Crippen LogP contribution in [0.4, 0.5) is 0 Å². The van der Waals surface area contributed by atoms with Gasteiger partial charge in [-0.2, -0.15) is 0 Å². The van der Waals surface area contributed by atoms with E-state index in [2.05, 4.69) is 21.6 Å². The predicted octanol–water partition coefficient (Wildman–Crippen LogP) is 1.20. The van der Waals surface area contributed by atoms with Gasteiger partial charge in [-0.15, -0.1) is 0 Å². The van der Waals surface area contributed by atoms with Gasteiger partial charge in [-0.1, -0.05) is 71.1 Å². The van der Waals surface area contributed by atoms with Crippen LogP contribution in [0.5, 0.6) is 0 Å². The highest BCUT2D eigenvalue weighted by Gasteiger charge is 2.47. The molecule has 4 nitrogen and oxygen atoms in total. The van der Waals surface area contributed by atoms with Crippen LogP contribution >= 0.6 is 0 Å². The number of rotatable bonds is 13. The van der Waals surface area contributed by atoms with Crippen molar-refractivity contribution in [3.63, 3.8) is 0 Å². The lowest BCUT2D eigenvalue weighted by Gasteiger charge is -2.60. The van der Waals surface area contributed by atoms with Gasteiger partial charge in [0.25, 0.3) is 0 Å². The Kier molecular flexibility index (Phi) is 9.71. The molecule has 5 heteroatoms. The molecule has 25 heavy (non-hydrogen) atoms. The molecular weight excluding hydrogens is 376 g/mol. The second-order valence-corrected chi connectivity index (χ2v) is 8.82. The maximum absolute atomic E-state index is 2.64. The van der Waals surface area contributed by atoms with E-state index in [1.165, 1.54) is 128 Å². The number of halogens is 1. The fraction of sp³-hybridized carbons (Fsp3) is 1.00. The highest BCUT2D eigenvalue weighted by molar-refractivity contribution is 4.73. The zero-order valence-corrected chi connectivity index (χ0v) is 18.2. The molecule has 0 amide bonds. The van der Waals surface area contributed by atoms with Crippen LogP contribution < -0.4 is 17.0 Å². The topological polar surface area (TPSA) is 9.72 Å². The molecule has 4 bridgehead atoms. The molecule has 0 spiro atoms. The van der Waals surface area contributed by atoms with Crippen molar-refractivity contribution in [3.8, 4) is 0 Å². The average molecular weight is 417 g/mol. The van der Waals surface area contributed by atoms with Crippen LogP contribution in [0.3, 0.4) is 0 Å². The Morgan fingerprint density at radius 2 is 0.920 bits per heavy atom. The van der Waals surface area contributed by atoms with Gasteiger partial charge in [-0.25, -0.2) is 14.7 Å². The molecule has 0 atom stereocenters. The van der Waals surface area contributed by atoms with E-state index in [9.17, 15) is 0 Å². The van der Waals surface area contributed by atoms with E-state index in [0.717, 1.165) is 0 Å². The van der Waals surface area contributed by atoms with Crippen molar-refractivity contribution in [2.45, 2.75) is 84.0 Å². The summed E-state index contributed by atoms with van der Waals surface area (Å²) in [6.45, 7) is 11.3. The second kappa shape index (κ2) is 11.2. The van der Waals surface area contributed by atoms with Gasteiger partial charge < -0.3 is 17.0 Å². The van der Waals surface area contributed by atoms with Gasteiger partial charge in [0.15, 0.2) is 0 Å². The summed E-state index contributed by atoms with van der Waals surface area (Å²) in [7, 11) is 0. The molecule has 0 aromatic rings. The summed E-state index contributed by atoms with van der Waals surface area (Å²) in [5, 5.41) is 0. The molecule has 0 aromatic heterocycles. The molecule has 0 aliphatic carbocycles. The van der Waals surface area contributed by atoms with Crippen LogP contribution in [0.2, 0.25) is 0 Å². The Morgan fingerprint density at radius 1 is 0.560 bits per heavy atom. The summed E-state index contributed by atoms with van der Waals surface area (Å²) in [6, 6.07) is 0. The standard InChI is InChI=1S/C20H41N4.BrH/c1-2-3-4-5-6-7-8-9-10-11-12-13-14-24-18-21-15-22(19-24)17-23(16-21)20-24;/h2-20H2,1H3;1H/q+1;/p-1. The molecule has 4 heterocycles. The van der Waals surface area contributed by atoms with E-state index < -0.39 is 0 Å². The van der Waals surface area contributed by atoms with Crippen molar-refractivity contribution in [2.24, 2.45) is 0 Å². The van der Waals surface area contributed by atoms with Gasteiger partial charge in [0.05, 0.1) is 26.6 Å². The zero-order valence-electron chi connectivity index (χ0n) is 16.6. The molecule has 0 aromatic carbocycles. The van der Waals surface area contributed by atoms with Crippen molar-refractivity contribution in [1.82, 2.24) is 14.7 Å². The first kappa shape index (κ1) is 21.6. The monoisotopic (exact) mass is 416 g/mol. The molecule has 0 unspecified atom stereocenters. The lowest BCUT2D eigenvalue weighted by atomic mass is 10.0. The predicted molar refractivity (Wildman–Crippen MR) is 101 cm³/mol. The highest BCUT2D eigenvalue weighted by Crippen LogP contribution is 2.29. The third-order valence-corrected chi connectivity index (χ3v) is 6.19. The van der Waals surface area contributed by atoms with E-state index in [1.54, 1.807) is 0 Å². The Bertz CT molecular complexity index is 328. The molecule has 4 rings (SSSR count). The maximum Gasteiger partial charge on any atom is 0.139 e. The minimum absolute atomic E-state index is 0. The fourth-order valence-electron chi connectivity index (χ4n) is 5.16. The number of nitrogens with zero attached hydrogens (tertiary/aromatic N) is 4. The molecule has 0 saturated carbocycles. The first-order valence-electron chi connectivity index (χ1n) is 10.8. The summed E-state index contributed by atoms with van der Waals surface area (Å²) in [6.07, 6.45) is 17.5. The Morgan fingerprint density at radius 3 is 1.32 bits per heavy atom. The zero-order chi connectivity index (χ0) is 16.7. The minimum Gasteiger partial charge on any atom is -1.00 e. The SMILES string of the molecule is CCCCCCCCCCCCCC[N+]12CN3CN(CN(C3)C1)C2.[Br-]. The molecular formula is C20H41BrN4. The average Bonchev–Trinajstić information content (AvgIpc) is 2.54. The van der Waals surface area contributed by atoms with E-state index in [1.807, 2.05) is 0 Å². The van der Waals surface area contributed by atoms with Crippen LogP contribution in [0.1, 0.15) is 84.0 Å². The van der Waals surface area contributed by atoms with E-state index in [-0.39, 0.29) is 17.0 Å².